The summed E-state index contributed by atoms with van der Waals surface area (Å²) in [6.45, 7) is 9.04. The van der Waals surface area contributed by atoms with Crippen molar-refractivity contribution >= 4 is 5.97 Å². The van der Waals surface area contributed by atoms with Crippen molar-refractivity contribution in [1.82, 2.24) is 5.32 Å². The molecule has 6 nitrogen and oxygen atoms in total. The molecule has 0 aromatic rings. The van der Waals surface area contributed by atoms with E-state index in [0.29, 0.717) is 25.7 Å². The van der Waals surface area contributed by atoms with Crippen molar-refractivity contribution < 1.29 is 23.7 Å². The molecule has 0 bridgehead atoms. The summed E-state index contributed by atoms with van der Waals surface area (Å²) in [7, 11) is 3.51. The summed E-state index contributed by atoms with van der Waals surface area (Å²) in [6.07, 6.45) is 5.07. The molecule has 1 saturated heterocycles. The van der Waals surface area contributed by atoms with Gasteiger partial charge in [0, 0.05) is 13.0 Å². The molecular formula is C18H33NO5. The maximum Gasteiger partial charge on any atom is 0.363 e. The minimum Gasteiger partial charge on any atom is -0.499 e. The van der Waals surface area contributed by atoms with Crippen LogP contribution in [-0.2, 0) is 23.7 Å². The quantitative estimate of drug-likeness (QED) is 0.415. The van der Waals surface area contributed by atoms with Crippen molar-refractivity contribution in [2.75, 3.05) is 34.0 Å². The minimum absolute atomic E-state index is 0.292. The number of likely N-dealkylation sites (N-methyl/N-ethyl adjacent to an activating group) is 1. The summed E-state index contributed by atoms with van der Waals surface area (Å²) >= 11 is 0. The largest absolute Gasteiger partial charge is 0.499 e. The summed E-state index contributed by atoms with van der Waals surface area (Å²) < 4.78 is 20.8. The molecule has 0 radical (unpaired) electrons. The van der Waals surface area contributed by atoms with Gasteiger partial charge in [0.05, 0.1) is 32.6 Å². The predicted octanol–water partition coefficient (Wildman–Crippen LogP) is 3.00. The second-order valence-electron chi connectivity index (χ2n) is 5.02. The third kappa shape index (κ3) is 8.36. The first-order valence-electron chi connectivity index (χ1n) is 8.61. The van der Waals surface area contributed by atoms with Crippen LogP contribution in [0.3, 0.4) is 0 Å². The van der Waals surface area contributed by atoms with Crippen LogP contribution in [0.1, 0.15) is 40.5 Å². The van der Waals surface area contributed by atoms with Crippen molar-refractivity contribution in [1.29, 1.82) is 0 Å². The van der Waals surface area contributed by atoms with Crippen LogP contribution in [0, 0.1) is 5.92 Å². The summed E-state index contributed by atoms with van der Waals surface area (Å²) in [5.41, 5.74) is 0.959. The molecule has 0 saturated carbocycles. The van der Waals surface area contributed by atoms with Gasteiger partial charge < -0.3 is 24.3 Å². The molecule has 0 amide bonds. The first kappa shape index (κ1) is 22.5. The Morgan fingerprint density at radius 2 is 1.92 bits per heavy atom. The van der Waals surface area contributed by atoms with Gasteiger partial charge in [-0.15, -0.1) is 0 Å². The van der Waals surface area contributed by atoms with E-state index >= 15 is 0 Å². The lowest BCUT2D eigenvalue weighted by Crippen LogP contribution is -2.38. The molecule has 0 unspecified atom stereocenters. The number of carbonyl (C=O) groups excluding carboxylic acids is 1. The van der Waals surface area contributed by atoms with E-state index in [1.165, 1.54) is 0 Å². The van der Waals surface area contributed by atoms with E-state index in [9.17, 15) is 4.79 Å². The van der Waals surface area contributed by atoms with Crippen LogP contribution < -0.4 is 5.32 Å². The SMILES string of the molecule is CC.CCOC(=O)C1OCC(CC/C=C/C(NC)=C(\C)OC)CO1. The third-order valence-electron chi connectivity index (χ3n) is 3.43. The van der Waals surface area contributed by atoms with Gasteiger partial charge in [-0.2, -0.15) is 0 Å². The molecule has 1 heterocycles. The molecule has 1 N–H and O–H groups in total. The lowest BCUT2D eigenvalue weighted by Gasteiger charge is -2.27. The van der Waals surface area contributed by atoms with E-state index in [1.807, 2.05) is 33.9 Å². The minimum atomic E-state index is -0.866. The molecule has 1 rings (SSSR count). The maximum atomic E-state index is 11.5. The Labute approximate surface area is 146 Å². The van der Waals surface area contributed by atoms with E-state index in [4.69, 9.17) is 18.9 Å². The molecule has 0 aromatic heterocycles. The number of nitrogens with one attached hydrogen (secondary N) is 1. The molecule has 0 atom stereocenters. The van der Waals surface area contributed by atoms with E-state index in [0.717, 1.165) is 24.3 Å². The maximum absolute atomic E-state index is 11.5. The fraction of sp³-hybridized carbons (Fsp3) is 0.722. The Morgan fingerprint density at radius 3 is 2.42 bits per heavy atom. The number of methoxy groups -OCH3 is 1. The Kier molecular flexibility index (Phi) is 13.0. The van der Waals surface area contributed by atoms with Crippen LogP contribution >= 0.6 is 0 Å². The Morgan fingerprint density at radius 1 is 1.29 bits per heavy atom. The lowest BCUT2D eigenvalue weighted by molar-refractivity contribution is -0.221. The standard InChI is InChI=1S/C16H27NO5.C2H6/c1-5-20-15(18)16-21-10-13(11-22-16)8-6-7-9-14(17-3)12(2)19-4;1-2/h7,9,13,16-17H,5-6,8,10-11H2,1-4H3;1-2H3/b9-7+,14-12-;. The van der Waals surface area contributed by atoms with Gasteiger partial charge in [-0.3, -0.25) is 0 Å². The highest BCUT2D eigenvalue weighted by Crippen LogP contribution is 2.17. The number of hydrogen-bond donors (Lipinski definition) is 1. The summed E-state index contributed by atoms with van der Waals surface area (Å²) in [5.74, 6) is 0.695. The average molecular weight is 343 g/mol. The zero-order chi connectivity index (χ0) is 18.4. The molecule has 0 aromatic carbocycles. The van der Waals surface area contributed by atoms with Gasteiger partial charge in [-0.05, 0) is 32.8 Å². The zero-order valence-corrected chi connectivity index (χ0v) is 15.9. The first-order valence-corrected chi connectivity index (χ1v) is 8.61. The van der Waals surface area contributed by atoms with Crippen molar-refractivity contribution in [3.05, 3.63) is 23.6 Å². The Hall–Kier alpha value is -1.53. The van der Waals surface area contributed by atoms with Crippen molar-refractivity contribution in [3.63, 3.8) is 0 Å². The van der Waals surface area contributed by atoms with Crippen LogP contribution in [0.25, 0.3) is 0 Å². The molecule has 6 heteroatoms. The normalized spacial score (nSPS) is 21.4. The summed E-state index contributed by atoms with van der Waals surface area (Å²) in [4.78, 5) is 11.5. The van der Waals surface area contributed by atoms with Crippen molar-refractivity contribution in [3.8, 4) is 0 Å². The van der Waals surface area contributed by atoms with Gasteiger partial charge in [0.2, 0.25) is 0 Å². The fourth-order valence-electron chi connectivity index (χ4n) is 2.08. The van der Waals surface area contributed by atoms with Crippen LogP contribution in [0.5, 0.6) is 0 Å². The molecular weight excluding hydrogens is 310 g/mol. The average Bonchev–Trinajstić information content (AvgIpc) is 2.63. The monoisotopic (exact) mass is 343 g/mol. The van der Waals surface area contributed by atoms with Gasteiger partial charge in [0.1, 0.15) is 5.76 Å². The van der Waals surface area contributed by atoms with Crippen LogP contribution in [0.4, 0.5) is 0 Å². The van der Waals surface area contributed by atoms with Gasteiger partial charge in [-0.1, -0.05) is 19.9 Å². The summed E-state index contributed by atoms with van der Waals surface area (Å²) in [6, 6.07) is 0. The van der Waals surface area contributed by atoms with Gasteiger partial charge >= 0.3 is 5.97 Å². The number of esters is 1. The van der Waals surface area contributed by atoms with Crippen molar-refractivity contribution in [2.45, 2.75) is 46.8 Å². The van der Waals surface area contributed by atoms with Gasteiger partial charge in [0.25, 0.3) is 6.29 Å². The second-order valence-corrected chi connectivity index (χ2v) is 5.02. The molecule has 1 aliphatic rings. The van der Waals surface area contributed by atoms with Gasteiger partial charge in [-0.25, -0.2) is 4.79 Å². The second kappa shape index (κ2) is 13.9. The first-order chi connectivity index (χ1) is 11.6. The Bertz CT molecular complexity index is 398. The van der Waals surface area contributed by atoms with E-state index < -0.39 is 12.3 Å². The van der Waals surface area contributed by atoms with Gasteiger partial charge in [0.15, 0.2) is 0 Å². The molecule has 1 aliphatic heterocycles. The molecule has 140 valence electrons. The number of hydrogen-bond acceptors (Lipinski definition) is 6. The third-order valence-corrected chi connectivity index (χ3v) is 3.43. The highest BCUT2D eigenvalue weighted by Gasteiger charge is 2.28. The lowest BCUT2D eigenvalue weighted by atomic mass is 10.0. The Balaban J connectivity index is 0.00000254. The molecule has 0 aliphatic carbocycles. The van der Waals surface area contributed by atoms with E-state index in [-0.39, 0.29) is 0 Å². The smallest absolute Gasteiger partial charge is 0.363 e. The van der Waals surface area contributed by atoms with E-state index in [2.05, 4.69) is 11.4 Å². The van der Waals surface area contributed by atoms with Crippen LogP contribution in [-0.4, -0.2) is 46.2 Å². The van der Waals surface area contributed by atoms with E-state index in [1.54, 1.807) is 14.0 Å². The molecule has 0 spiro atoms. The zero-order valence-electron chi connectivity index (χ0n) is 15.9. The fourth-order valence-corrected chi connectivity index (χ4v) is 2.08. The summed E-state index contributed by atoms with van der Waals surface area (Å²) in [5, 5.41) is 3.09. The topological polar surface area (TPSA) is 66.0 Å². The highest BCUT2D eigenvalue weighted by atomic mass is 16.7. The highest BCUT2D eigenvalue weighted by molar-refractivity contribution is 5.73. The predicted molar refractivity (Wildman–Crippen MR) is 94.3 cm³/mol. The number of rotatable bonds is 8. The number of ether oxygens (including phenoxy) is 4. The number of allylic oxidation sites excluding steroid dienone is 3. The molecule has 1 fully saturated rings. The van der Waals surface area contributed by atoms with Crippen LogP contribution in [0.15, 0.2) is 23.6 Å². The van der Waals surface area contributed by atoms with Crippen LogP contribution in [0.2, 0.25) is 0 Å². The van der Waals surface area contributed by atoms with Crippen molar-refractivity contribution in [2.24, 2.45) is 5.92 Å². The number of carbonyl (C=O) groups is 1. The molecule has 24 heavy (non-hydrogen) atoms.